The van der Waals surface area contributed by atoms with E-state index in [1.165, 1.54) is 6.07 Å². The molecule has 1 fully saturated rings. The summed E-state index contributed by atoms with van der Waals surface area (Å²) in [7, 11) is 2.04. The van der Waals surface area contributed by atoms with Crippen LogP contribution in [-0.4, -0.2) is 36.5 Å². The van der Waals surface area contributed by atoms with Crippen molar-refractivity contribution in [2.75, 3.05) is 18.9 Å². The van der Waals surface area contributed by atoms with Crippen LogP contribution in [0.2, 0.25) is 0 Å². The lowest BCUT2D eigenvalue weighted by atomic mass is 10.1. The average molecular weight is 416 g/mol. The Hall–Kier alpha value is -1.60. The van der Waals surface area contributed by atoms with Crippen molar-refractivity contribution in [1.82, 2.24) is 4.90 Å². The van der Waals surface area contributed by atoms with Crippen LogP contribution in [0, 0.1) is 13.8 Å². The molecule has 1 amide bonds. The number of halogens is 2. The lowest BCUT2D eigenvalue weighted by Crippen LogP contribution is -2.38. The van der Waals surface area contributed by atoms with Gasteiger partial charge in [0.15, 0.2) is 0 Å². The van der Waals surface area contributed by atoms with Crippen molar-refractivity contribution in [3.8, 4) is 0 Å². The second-order valence-corrected chi connectivity index (χ2v) is 6.95. The van der Waals surface area contributed by atoms with Crippen LogP contribution in [0.15, 0.2) is 27.4 Å². The molecule has 2 atom stereocenters. The minimum absolute atomic E-state index is 0. The van der Waals surface area contributed by atoms with Gasteiger partial charge in [0.2, 0.25) is 5.91 Å². The molecule has 1 aromatic heterocycles. The van der Waals surface area contributed by atoms with Crippen molar-refractivity contribution in [2.24, 2.45) is 5.73 Å². The van der Waals surface area contributed by atoms with Gasteiger partial charge in [-0.2, -0.15) is 0 Å². The Kier molecular flexibility index (Phi) is 8.29. The zero-order chi connectivity index (χ0) is 18.1. The van der Waals surface area contributed by atoms with Gasteiger partial charge in [0.25, 0.3) is 0 Å². The fourth-order valence-corrected chi connectivity index (χ4v) is 3.64. The van der Waals surface area contributed by atoms with Gasteiger partial charge < -0.3 is 15.5 Å². The monoisotopic (exact) mass is 415 g/mol. The molecule has 2 heterocycles. The van der Waals surface area contributed by atoms with Gasteiger partial charge in [-0.1, -0.05) is 0 Å². The van der Waals surface area contributed by atoms with Gasteiger partial charge in [0.05, 0.1) is 0 Å². The summed E-state index contributed by atoms with van der Waals surface area (Å²) in [5.41, 5.74) is 8.41. The molecule has 1 aliphatic rings. The standard InChI is InChI=1S/C19H25N3O3.2ClH/c1-11-7-19(24)25-17-6-12(2)16(9-15(11)17)21-18(23)8-13-4-5-14(10-20)22(13)3;;/h6-7,9,13-14H,4-5,8,10,20H2,1-3H3,(H,21,23);2*1H/t13-,14+;;/m0../s1. The van der Waals surface area contributed by atoms with Crippen molar-refractivity contribution in [3.63, 3.8) is 0 Å². The van der Waals surface area contributed by atoms with E-state index in [0.717, 1.165) is 35.0 Å². The molecule has 0 radical (unpaired) electrons. The minimum Gasteiger partial charge on any atom is -0.423 e. The fourth-order valence-electron chi connectivity index (χ4n) is 3.64. The minimum atomic E-state index is -0.361. The molecule has 8 heteroatoms. The molecule has 3 rings (SSSR count). The lowest BCUT2D eigenvalue weighted by molar-refractivity contribution is -0.117. The Bertz CT molecular complexity index is 869. The first kappa shape index (κ1) is 23.4. The van der Waals surface area contributed by atoms with E-state index in [0.29, 0.717) is 24.6 Å². The Morgan fingerprint density at radius 1 is 1.19 bits per heavy atom. The molecule has 3 N–H and O–H groups in total. The average Bonchev–Trinajstić information content (AvgIpc) is 2.89. The highest BCUT2D eigenvalue weighted by molar-refractivity contribution is 5.95. The largest absolute Gasteiger partial charge is 0.423 e. The summed E-state index contributed by atoms with van der Waals surface area (Å²) in [6.07, 6.45) is 2.48. The number of nitrogens with one attached hydrogen (secondary N) is 1. The van der Waals surface area contributed by atoms with Gasteiger partial charge in [-0.15, -0.1) is 24.8 Å². The fraction of sp³-hybridized carbons (Fsp3) is 0.474. The first-order valence-corrected chi connectivity index (χ1v) is 8.66. The van der Waals surface area contributed by atoms with E-state index in [4.69, 9.17) is 10.2 Å². The van der Waals surface area contributed by atoms with E-state index in [2.05, 4.69) is 10.2 Å². The predicted octanol–water partition coefficient (Wildman–Crippen LogP) is 3.00. The third kappa shape index (κ3) is 5.02. The Morgan fingerprint density at radius 2 is 1.85 bits per heavy atom. The van der Waals surface area contributed by atoms with Gasteiger partial charge in [0, 0.05) is 42.2 Å². The van der Waals surface area contributed by atoms with Gasteiger partial charge in [-0.25, -0.2) is 4.79 Å². The second kappa shape index (κ2) is 9.55. The maximum Gasteiger partial charge on any atom is 0.336 e. The van der Waals surface area contributed by atoms with Crippen LogP contribution in [0.3, 0.4) is 0 Å². The van der Waals surface area contributed by atoms with E-state index in [9.17, 15) is 9.59 Å². The van der Waals surface area contributed by atoms with E-state index in [1.807, 2.05) is 27.0 Å². The zero-order valence-corrected chi connectivity index (χ0v) is 17.4. The molecule has 1 aliphatic heterocycles. The molecule has 0 bridgehead atoms. The SMILES string of the molecule is Cc1cc2oc(=O)cc(C)c2cc1NC(=O)C[C@@H]1CC[C@H](CN)N1C.Cl.Cl. The number of carbonyl (C=O) groups is 1. The van der Waals surface area contributed by atoms with Crippen LogP contribution in [0.25, 0.3) is 11.0 Å². The number of likely N-dealkylation sites (tertiary alicyclic amines) is 1. The molecule has 0 aliphatic carbocycles. The molecule has 1 aromatic carbocycles. The molecular weight excluding hydrogens is 389 g/mol. The van der Waals surface area contributed by atoms with E-state index in [1.54, 1.807) is 6.07 Å². The molecule has 6 nitrogen and oxygen atoms in total. The quantitative estimate of drug-likeness (QED) is 0.749. The first-order valence-electron chi connectivity index (χ1n) is 8.66. The zero-order valence-electron chi connectivity index (χ0n) is 15.8. The number of hydrogen-bond acceptors (Lipinski definition) is 5. The van der Waals surface area contributed by atoms with E-state index < -0.39 is 0 Å². The van der Waals surface area contributed by atoms with Gasteiger partial charge in [0.1, 0.15) is 5.58 Å². The Morgan fingerprint density at radius 3 is 2.48 bits per heavy atom. The molecule has 150 valence electrons. The molecular formula is C19H27Cl2N3O3. The van der Waals surface area contributed by atoms with Gasteiger partial charge >= 0.3 is 5.63 Å². The molecule has 0 saturated carbocycles. The van der Waals surface area contributed by atoms with Crippen LogP contribution >= 0.6 is 24.8 Å². The normalized spacial score (nSPS) is 19.4. The number of nitrogens with zero attached hydrogens (tertiary/aromatic N) is 1. The van der Waals surface area contributed by atoms with E-state index >= 15 is 0 Å². The van der Waals surface area contributed by atoms with Crippen LogP contribution in [0.1, 0.15) is 30.4 Å². The molecule has 1 saturated heterocycles. The number of likely N-dealkylation sites (N-methyl/N-ethyl adjacent to an activating group) is 1. The number of benzene rings is 1. The van der Waals surface area contributed by atoms with Crippen LogP contribution < -0.4 is 16.7 Å². The summed E-state index contributed by atoms with van der Waals surface area (Å²) in [4.78, 5) is 26.2. The van der Waals surface area contributed by atoms with Crippen molar-refractivity contribution in [2.45, 2.75) is 45.2 Å². The summed E-state index contributed by atoms with van der Waals surface area (Å²) in [5, 5.41) is 3.84. The summed E-state index contributed by atoms with van der Waals surface area (Å²) in [5.74, 6) is -0.00740. The third-order valence-corrected chi connectivity index (χ3v) is 5.25. The van der Waals surface area contributed by atoms with Gasteiger partial charge in [-0.3, -0.25) is 9.69 Å². The van der Waals surface area contributed by atoms with Crippen LogP contribution in [-0.2, 0) is 4.79 Å². The second-order valence-electron chi connectivity index (χ2n) is 6.95. The summed E-state index contributed by atoms with van der Waals surface area (Å²) in [6.45, 7) is 4.38. The number of aryl methyl sites for hydroxylation is 2. The lowest BCUT2D eigenvalue weighted by Gasteiger charge is -2.24. The van der Waals surface area contributed by atoms with Crippen LogP contribution in [0.5, 0.6) is 0 Å². The van der Waals surface area contributed by atoms with Crippen molar-refractivity contribution < 1.29 is 9.21 Å². The Balaban J connectivity index is 0.00000182. The number of nitrogens with two attached hydrogens (primary N) is 1. The molecule has 0 unspecified atom stereocenters. The molecule has 27 heavy (non-hydrogen) atoms. The highest BCUT2D eigenvalue weighted by Gasteiger charge is 2.30. The maximum absolute atomic E-state index is 12.5. The smallest absolute Gasteiger partial charge is 0.336 e. The summed E-state index contributed by atoms with van der Waals surface area (Å²) in [6, 6.07) is 5.73. The number of hydrogen-bond donors (Lipinski definition) is 2. The highest BCUT2D eigenvalue weighted by Crippen LogP contribution is 2.27. The van der Waals surface area contributed by atoms with Crippen molar-refractivity contribution in [1.29, 1.82) is 0 Å². The van der Waals surface area contributed by atoms with Gasteiger partial charge in [-0.05, 0) is 57.0 Å². The Labute approximate surface area is 171 Å². The molecule has 2 aromatic rings. The number of anilines is 1. The summed E-state index contributed by atoms with van der Waals surface area (Å²) < 4.78 is 5.24. The maximum atomic E-state index is 12.5. The van der Waals surface area contributed by atoms with E-state index in [-0.39, 0.29) is 42.4 Å². The third-order valence-electron chi connectivity index (χ3n) is 5.25. The number of rotatable bonds is 4. The first-order chi connectivity index (χ1) is 11.9. The summed E-state index contributed by atoms with van der Waals surface area (Å²) >= 11 is 0. The van der Waals surface area contributed by atoms with Crippen molar-refractivity contribution >= 4 is 47.4 Å². The van der Waals surface area contributed by atoms with Crippen molar-refractivity contribution in [3.05, 3.63) is 39.7 Å². The topological polar surface area (TPSA) is 88.6 Å². The van der Waals surface area contributed by atoms with Crippen LogP contribution in [0.4, 0.5) is 5.69 Å². The molecule has 0 spiro atoms. The highest BCUT2D eigenvalue weighted by atomic mass is 35.5. The number of carbonyl (C=O) groups excluding carboxylic acids is 1. The number of fused-ring (bicyclic) bond motifs is 1. The predicted molar refractivity (Wildman–Crippen MR) is 113 cm³/mol. The number of amides is 1.